The van der Waals surface area contributed by atoms with Gasteiger partial charge in [-0.15, -0.1) is 0 Å². The molecule has 0 radical (unpaired) electrons. The molecule has 2 aliphatic rings. The molecule has 0 bridgehead atoms. The summed E-state index contributed by atoms with van der Waals surface area (Å²) < 4.78 is 0. The number of hydroxylamine groups is 1. The van der Waals surface area contributed by atoms with Gasteiger partial charge in [0.15, 0.2) is 6.10 Å². The highest BCUT2D eigenvalue weighted by molar-refractivity contribution is 6.07. The number of benzene rings is 2. The molecule has 2 saturated heterocycles. The molecule has 0 spiro atoms. The van der Waals surface area contributed by atoms with E-state index in [-0.39, 0.29) is 17.9 Å². The molecule has 5 heteroatoms. The maximum absolute atomic E-state index is 12.3. The van der Waals surface area contributed by atoms with Gasteiger partial charge in [0.2, 0.25) is 5.91 Å². The van der Waals surface area contributed by atoms with Crippen LogP contribution in [0.5, 0.6) is 0 Å². The van der Waals surface area contributed by atoms with Gasteiger partial charge in [0.05, 0.1) is 11.7 Å². The lowest BCUT2D eigenvalue weighted by molar-refractivity contribution is -0.129. The zero-order valence-electron chi connectivity index (χ0n) is 12.6. The second-order valence-corrected chi connectivity index (χ2v) is 5.92. The van der Waals surface area contributed by atoms with Crippen LogP contribution in [0.25, 0.3) is 0 Å². The smallest absolute Gasteiger partial charge is 0.259 e. The molecular formula is C18H16N2O3. The summed E-state index contributed by atoms with van der Waals surface area (Å²) in [5.74, 6) is -1.18. The third-order valence-electron chi connectivity index (χ3n) is 4.38. The largest absolute Gasteiger partial charge is 0.294 e. The van der Waals surface area contributed by atoms with E-state index in [1.54, 1.807) is 5.06 Å². The van der Waals surface area contributed by atoms with Crippen LogP contribution < -0.4 is 10.4 Å². The summed E-state index contributed by atoms with van der Waals surface area (Å²) in [6.07, 6.45) is -0.769. The Kier molecular flexibility index (Phi) is 3.16. The van der Waals surface area contributed by atoms with Gasteiger partial charge in [-0.05, 0) is 24.6 Å². The minimum Gasteiger partial charge on any atom is -0.294 e. The first-order chi connectivity index (χ1) is 11.1. The van der Waals surface area contributed by atoms with E-state index in [9.17, 15) is 9.59 Å². The van der Waals surface area contributed by atoms with E-state index in [1.165, 1.54) is 0 Å². The number of rotatable bonds is 2. The van der Waals surface area contributed by atoms with E-state index in [4.69, 9.17) is 4.84 Å². The molecule has 2 heterocycles. The van der Waals surface area contributed by atoms with Gasteiger partial charge in [0, 0.05) is 0 Å². The van der Waals surface area contributed by atoms with Crippen molar-refractivity contribution >= 4 is 17.5 Å². The number of nitrogens with zero attached hydrogens (tertiary/aromatic N) is 1. The molecule has 5 nitrogen and oxygen atoms in total. The fourth-order valence-corrected chi connectivity index (χ4v) is 3.24. The Morgan fingerprint density at radius 2 is 1.65 bits per heavy atom. The number of para-hydroxylation sites is 1. The molecule has 3 atom stereocenters. The fourth-order valence-electron chi connectivity index (χ4n) is 3.24. The monoisotopic (exact) mass is 308 g/mol. The van der Waals surface area contributed by atoms with Crippen LogP contribution in [-0.2, 0) is 14.4 Å². The summed E-state index contributed by atoms with van der Waals surface area (Å²) in [5, 5.41) is 4.06. The maximum Gasteiger partial charge on any atom is 0.259 e. The average molecular weight is 308 g/mol. The Hall–Kier alpha value is -2.66. The van der Waals surface area contributed by atoms with Crippen LogP contribution in [-0.4, -0.2) is 17.9 Å². The quantitative estimate of drug-likeness (QED) is 0.864. The summed E-state index contributed by atoms with van der Waals surface area (Å²) in [6.45, 7) is 2.01. The van der Waals surface area contributed by atoms with Crippen LogP contribution in [0.2, 0.25) is 0 Å². The van der Waals surface area contributed by atoms with E-state index in [2.05, 4.69) is 5.32 Å². The molecule has 23 heavy (non-hydrogen) atoms. The van der Waals surface area contributed by atoms with Crippen molar-refractivity contribution in [1.82, 2.24) is 5.32 Å². The highest BCUT2D eigenvalue weighted by Gasteiger charge is 2.56. The Morgan fingerprint density at radius 1 is 0.957 bits per heavy atom. The zero-order chi connectivity index (χ0) is 16.0. The van der Waals surface area contributed by atoms with Crippen molar-refractivity contribution in [3.05, 3.63) is 65.7 Å². The molecular weight excluding hydrogens is 292 g/mol. The van der Waals surface area contributed by atoms with E-state index < -0.39 is 12.0 Å². The lowest BCUT2D eigenvalue weighted by atomic mass is 9.90. The van der Waals surface area contributed by atoms with Crippen LogP contribution in [0.15, 0.2) is 54.6 Å². The second kappa shape index (κ2) is 5.21. The van der Waals surface area contributed by atoms with Crippen LogP contribution >= 0.6 is 0 Å². The van der Waals surface area contributed by atoms with Gasteiger partial charge in [0.1, 0.15) is 5.92 Å². The van der Waals surface area contributed by atoms with Crippen LogP contribution in [0.1, 0.15) is 17.2 Å². The van der Waals surface area contributed by atoms with E-state index >= 15 is 0 Å². The number of aryl methyl sites for hydroxylation is 1. The average Bonchev–Trinajstić information content (AvgIpc) is 3.08. The molecule has 2 aromatic carbocycles. The number of carbonyl (C=O) groups excluding carboxylic acids is 2. The van der Waals surface area contributed by atoms with Crippen LogP contribution in [0.3, 0.4) is 0 Å². The molecule has 0 saturated carbocycles. The van der Waals surface area contributed by atoms with Crippen molar-refractivity contribution in [3.8, 4) is 0 Å². The Balaban J connectivity index is 1.80. The Labute approximate surface area is 133 Å². The van der Waals surface area contributed by atoms with Gasteiger partial charge in [-0.3, -0.25) is 19.7 Å². The first kappa shape index (κ1) is 14.0. The lowest BCUT2D eigenvalue weighted by Gasteiger charge is -2.27. The third-order valence-corrected chi connectivity index (χ3v) is 4.38. The maximum atomic E-state index is 12.3. The van der Waals surface area contributed by atoms with Crippen molar-refractivity contribution in [2.45, 2.75) is 19.1 Å². The molecule has 1 N–H and O–H groups in total. The third kappa shape index (κ3) is 2.21. The first-order valence-corrected chi connectivity index (χ1v) is 7.57. The number of amides is 2. The van der Waals surface area contributed by atoms with Crippen LogP contribution in [0.4, 0.5) is 5.69 Å². The predicted octanol–water partition coefficient (Wildman–Crippen LogP) is 2.13. The number of imide groups is 1. The molecule has 2 aromatic rings. The number of fused-ring (bicyclic) bond motifs is 1. The van der Waals surface area contributed by atoms with Gasteiger partial charge in [-0.1, -0.05) is 48.0 Å². The number of hydrogen-bond acceptors (Lipinski definition) is 4. The SMILES string of the molecule is Cc1ccc([C@@H]2[C@H]3C(=O)NC(=O)[C@H]3ON2c2ccccc2)cc1. The van der Waals surface area contributed by atoms with E-state index in [1.807, 2.05) is 61.5 Å². The molecule has 0 aromatic heterocycles. The summed E-state index contributed by atoms with van der Waals surface area (Å²) in [6, 6.07) is 17.2. The van der Waals surface area contributed by atoms with Gasteiger partial charge in [0.25, 0.3) is 5.91 Å². The molecule has 4 rings (SSSR count). The molecule has 2 fully saturated rings. The molecule has 2 amide bonds. The highest BCUT2D eigenvalue weighted by Crippen LogP contribution is 2.44. The predicted molar refractivity (Wildman–Crippen MR) is 84.4 cm³/mol. The Morgan fingerprint density at radius 3 is 2.35 bits per heavy atom. The van der Waals surface area contributed by atoms with Gasteiger partial charge >= 0.3 is 0 Å². The van der Waals surface area contributed by atoms with Gasteiger partial charge < -0.3 is 0 Å². The van der Waals surface area contributed by atoms with Crippen molar-refractivity contribution in [3.63, 3.8) is 0 Å². The molecule has 0 unspecified atom stereocenters. The van der Waals surface area contributed by atoms with Gasteiger partial charge in [-0.2, -0.15) is 0 Å². The minimum absolute atomic E-state index is 0.274. The normalized spacial score (nSPS) is 26.3. The highest BCUT2D eigenvalue weighted by atomic mass is 16.7. The van der Waals surface area contributed by atoms with Crippen molar-refractivity contribution in [1.29, 1.82) is 0 Å². The first-order valence-electron chi connectivity index (χ1n) is 7.57. The summed E-state index contributed by atoms with van der Waals surface area (Å²) in [5.41, 5.74) is 2.92. The summed E-state index contributed by atoms with van der Waals surface area (Å²) in [4.78, 5) is 30.1. The molecule has 116 valence electrons. The second-order valence-electron chi connectivity index (χ2n) is 5.92. The number of hydrogen-bond donors (Lipinski definition) is 1. The zero-order valence-corrected chi connectivity index (χ0v) is 12.6. The van der Waals surface area contributed by atoms with E-state index in [0.717, 1.165) is 16.8 Å². The van der Waals surface area contributed by atoms with Crippen molar-refractivity contribution < 1.29 is 14.4 Å². The molecule has 2 aliphatic heterocycles. The van der Waals surface area contributed by atoms with E-state index in [0.29, 0.717) is 0 Å². The number of carbonyl (C=O) groups is 2. The minimum atomic E-state index is -0.769. The van der Waals surface area contributed by atoms with Crippen LogP contribution in [0, 0.1) is 12.8 Å². The van der Waals surface area contributed by atoms with Gasteiger partial charge in [-0.25, -0.2) is 5.06 Å². The standard InChI is InChI=1S/C18H16N2O3/c1-11-7-9-12(10-8-11)15-14-16(18(22)19-17(14)21)23-20(15)13-5-3-2-4-6-13/h2-10,14-16H,1H3,(H,19,21,22)/t14-,15-,16+/m1/s1. The number of anilines is 1. The van der Waals surface area contributed by atoms with Crippen molar-refractivity contribution in [2.24, 2.45) is 5.92 Å². The lowest BCUT2D eigenvalue weighted by Crippen LogP contribution is -2.33. The topological polar surface area (TPSA) is 58.6 Å². The fraction of sp³-hybridized carbons (Fsp3) is 0.222. The Bertz CT molecular complexity index is 758. The number of nitrogens with one attached hydrogen (secondary N) is 1. The van der Waals surface area contributed by atoms with Crippen molar-refractivity contribution in [2.75, 3.05) is 5.06 Å². The summed E-state index contributed by atoms with van der Waals surface area (Å²) in [7, 11) is 0. The molecule has 0 aliphatic carbocycles. The summed E-state index contributed by atoms with van der Waals surface area (Å²) >= 11 is 0.